The summed E-state index contributed by atoms with van der Waals surface area (Å²) < 4.78 is 29.6. The highest BCUT2D eigenvalue weighted by Crippen LogP contribution is 2.31. The Labute approximate surface area is 160 Å². The lowest BCUT2D eigenvalue weighted by atomic mass is 10.1. The zero-order valence-corrected chi connectivity index (χ0v) is 16.1. The van der Waals surface area contributed by atoms with Crippen molar-refractivity contribution in [1.29, 1.82) is 0 Å². The third-order valence-electron chi connectivity index (χ3n) is 5.18. The van der Waals surface area contributed by atoms with Gasteiger partial charge in [-0.05, 0) is 31.9 Å². The molecule has 0 radical (unpaired) electrons. The monoisotopic (exact) mass is 381 g/mol. The Kier molecular flexibility index (Phi) is 4.85. The Hall–Kier alpha value is -2.44. The van der Waals surface area contributed by atoms with Crippen LogP contribution in [0.5, 0.6) is 0 Å². The largest absolute Gasteiger partial charge is 0.325 e. The summed E-state index contributed by atoms with van der Waals surface area (Å²) in [5.41, 5.74) is 2.20. The zero-order valence-electron chi connectivity index (χ0n) is 15.3. The molecule has 140 valence electrons. The number of aryl methyl sites for hydroxylation is 1. The number of aromatic nitrogens is 2. The molecule has 5 nitrogen and oxygen atoms in total. The van der Waals surface area contributed by atoms with E-state index in [0.717, 1.165) is 29.9 Å². The van der Waals surface area contributed by atoms with Crippen LogP contribution in [0.1, 0.15) is 24.6 Å². The van der Waals surface area contributed by atoms with Crippen molar-refractivity contribution in [1.82, 2.24) is 13.9 Å². The molecule has 0 saturated carbocycles. The molecule has 0 bridgehead atoms. The number of nitrogens with zero attached hydrogens (tertiary/aromatic N) is 3. The van der Waals surface area contributed by atoms with Crippen molar-refractivity contribution < 1.29 is 8.42 Å². The predicted octanol–water partition coefficient (Wildman–Crippen LogP) is 3.88. The highest BCUT2D eigenvalue weighted by molar-refractivity contribution is 7.89. The van der Waals surface area contributed by atoms with E-state index in [9.17, 15) is 8.42 Å². The standard InChI is InChI=1S/C21H23N3O2S/c1-17-16-22-21(18-8-4-2-5-9-18)24(17)19-12-14-23(15-13-19)27(25,26)20-10-6-3-7-11-20/h2-11,16,19H,12-15H2,1H3. The van der Waals surface area contributed by atoms with Gasteiger partial charge in [-0.15, -0.1) is 0 Å². The molecule has 0 amide bonds. The number of piperidine rings is 1. The number of imidazole rings is 1. The lowest BCUT2D eigenvalue weighted by Crippen LogP contribution is -2.39. The Morgan fingerprint density at radius 3 is 2.15 bits per heavy atom. The van der Waals surface area contributed by atoms with E-state index in [4.69, 9.17) is 0 Å². The van der Waals surface area contributed by atoms with Gasteiger partial charge in [0.05, 0.1) is 4.90 Å². The van der Waals surface area contributed by atoms with Crippen LogP contribution < -0.4 is 0 Å². The van der Waals surface area contributed by atoms with Crippen LogP contribution in [0, 0.1) is 6.92 Å². The zero-order chi connectivity index (χ0) is 18.9. The molecule has 3 aromatic rings. The van der Waals surface area contributed by atoms with Crippen molar-refractivity contribution in [3.05, 3.63) is 72.6 Å². The Morgan fingerprint density at radius 2 is 1.52 bits per heavy atom. The summed E-state index contributed by atoms with van der Waals surface area (Å²) in [5.74, 6) is 0.956. The normalized spacial score (nSPS) is 16.5. The van der Waals surface area contributed by atoms with Gasteiger partial charge in [-0.2, -0.15) is 4.31 Å². The second-order valence-electron chi connectivity index (χ2n) is 6.91. The minimum absolute atomic E-state index is 0.255. The van der Waals surface area contributed by atoms with E-state index in [1.54, 1.807) is 28.6 Å². The van der Waals surface area contributed by atoms with E-state index < -0.39 is 10.0 Å². The first-order valence-electron chi connectivity index (χ1n) is 9.22. The van der Waals surface area contributed by atoms with Gasteiger partial charge in [-0.25, -0.2) is 13.4 Å². The van der Waals surface area contributed by atoms with E-state index in [2.05, 4.69) is 28.6 Å². The van der Waals surface area contributed by atoms with E-state index >= 15 is 0 Å². The van der Waals surface area contributed by atoms with Crippen molar-refractivity contribution in [3.8, 4) is 11.4 Å². The Bertz CT molecular complexity index is 1010. The SMILES string of the molecule is Cc1cnc(-c2ccccc2)n1C1CCN(S(=O)(=O)c2ccccc2)CC1. The molecule has 27 heavy (non-hydrogen) atoms. The molecule has 1 aromatic heterocycles. The number of rotatable bonds is 4. The summed E-state index contributed by atoms with van der Waals surface area (Å²) in [6.07, 6.45) is 3.46. The van der Waals surface area contributed by atoms with E-state index in [-0.39, 0.29) is 6.04 Å². The maximum Gasteiger partial charge on any atom is 0.243 e. The Morgan fingerprint density at radius 1 is 0.926 bits per heavy atom. The molecule has 1 aliphatic rings. The van der Waals surface area contributed by atoms with Crippen LogP contribution in [0.2, 0.25) is 0 Å². The number of hydrogen-bond donors (Lipinski definition) is 0. The molecular formula is C21H23N3O2S. The molecule has 1 fully saturated rings. The minimum atomic E-state index is -3.42. The number of sulfonamides is 1. The molecule has 4 rings (SSSR count). The van der Waals surface area contributed by atoms with Crippen LogP contribution in [0.3, 0.4) is 0 Å². The molecule has 0 N–H and O–H groups in total. The van der Waals surface area contributed by atoms with Crippen molar-refractivity contribution in [2.24, 2.45) is 0 Å². The third kappa shape index (κ3) is 3.42. The van der Waals surface area contributed by atoms with Gasteiger partial charge >= 0.3 is 0 Å². The fourth-order valence-electron chi connectivity index (χ4n) is 3.79. The second kappa shape index (κ2) is 7.29. The lowest BCUT2D eigenvalue weighted by Gasteiger charge is -2.33. The van der Waals surface area contributed by atoms with Gasteiger partial charge in [0.2, 0.25) is 10.0 Å². The van der Waals surface area contributed by atoms with Gasteiger partial charge in [-0.3, -0.25) is 0 Å². The Balaban J connectivity index is 1.55. The van der Waals surface area contributed by atoms with Crippen molar-refractivity contribution in [3.63, 3.8) is 0 Å². The van der Waals surface area contributed by atoms with Gasteiger partial charge in [0.1, 0.15) is 5.82 Å². The summed E-state index contributed by atoms with van der Waals surface area (Å²) in [7, 11) is -3.42. The first-order chi connectivity index (χ1) is 13.1. The van der Waals surface area contributed by atoms with Crippen LogP contribution in [-0.2, 0) is 10.0 Å². The van der Waals surface area contributed by atoms with Gasteiger partial charge in [0, 0.05) is 36.6 Å². The van der Waals surface area contributed by atoms with Crippen LogP contribution in [0.25, 0.3) is 11.4 Å². The first-order valence-corrected chi connectivity index (χ1v) is 10.7. The van der Waals surface area contributed by atoms with Crippen molar-refractivity contribution in [2.45, 2.75) is 30.7 Å². The number of benzene rings is 2. The van der Waals surface area contributed by atoms with Gasteiger partial charge in [-0.1, -0.05) is 48.5 Å². The lowest BCUT2D eigenvalue weighted by molar-refractivity contribution is 0.273. The fraction of sp³-hybridized carbons (Fsp3) is 0.286. The summed E-state index contributed by atoms with van der Waals surface area (Å²) >= 11 is 0. The molecule has 0 aliphatic carbocycles. The smallest absolute Gasteiger partial charge is 0.243 e. The van der Waals surface area contributed by atoms with E-state index in [0.29, 0.717) is 18.0 Å². The fourth-order valence-corrected chi connectivity index (χ4v) is 5.28. The summed E-state index contributed by atoms with van der Waals surface area (Å²) in [4.78, 5) is 4.98. The average Bonchev–Trinajstić information content (AvgIpc) is 3.11. The molecule has 0 unspecified atom stereocenters. The quantitative estimate of drug-likeness (QED) is 0.689. The molecule has 0 atom stereocenters. The third-order valence-corrected chi connectivity index (χ3v) is 7.10. The van der Waals surface area contributed by atoms with Crippen LogP contribution in [-0.4, -0.2) is 35.4 Å². The van der Waals surface area contributed by atoms with Crippen LogP contribution >= 0.6 is 0 Å². The molecule has 2 aromatic carbocycles. The average molecular weight is 382 g/mol. The topological polar surface area (TPSA) is 55.2 Å². The highest BCUT2D eigenvalue weighted by Gasteiger charge is 2.31. The second-order valence-corrected chi connectivity index (χ2v) is 8.85. The van der Waals surface area contributed by atoms with E-state index in [1.165, 1.54) is 0 Å². The van der Waals surface area contributed by atoms with Crippen molar-refractivity contribution in [2.75, 3.05) is 13.1 Å². The maximum atomic E-state index is 12.8. The van der Waals surface area contributed by atoms with Crippen LogP contribution in [0.4, 0.5) is 0 Å². The first kappa shape index (κ1) is 17.9. The number of hydrogen-bond acceptors (Lipinski definition) is 3. The van der Waals surface area contributed by atoms with Gasteiger partial charge < -0.3 is 4.57 Å². The predicted molar refractivity (Wildman–Crippen MR) is 106 cm³/mol. The molecule has 1 aliphatic heterocycles. The van der Waals surface area contributed by atoms with E-state index in [1.807, 2.05) is 30.5 Å². The summed E-state index contributed by atoms with van der Waals surface area (Å²) in [6.45, 7) is 3.11. The molecule has 6 heteroatoms. The van der Waals surface area contributed by atoms with Gasteiger partial charge in [0.15, 0.2) is 0 Å². The molecule has 0 spiro atoms. The summed E-state index contributed by atoms with van der Waals surface area (Å²) in [6, 6.07) is 19.1. The minimum Gasteiger partial charge on any atom is -0.325 e. The summed E-state index contributed by atoms with van der Waals surface area (Å²) in [5, 5.41) is 0. The van der Waals surface area contributed by atoms with Gasteiger partial charge in [0.25, 0.3) is 0 Å². The molecule has 1 saturated heterocycles. The van der Waals surface area contributed by atoms with Crippen molar-refractivity contribution >= 4 is 10.0 Å². The maximum absolute atomic E-state index is 12.8. The molecular weight excluding hydrogens is 358 g/mol. The molecule has 2 heterocycles. The van der Waals surface area contributed by atoms with Crippen LogP contribution in [0.15, 0.2) is 71.8 Å². The highest BCUT2D eigenvalue weighted by atomic mass is 32.2.